The lowest BCUT2D eigenvalue weighted by Gasteiger charge is -2.42. The Balaban J connectivity index is 2.14. The minimum atomic E-state index is -0.502. The Hall–Kier alpha value is -0.960. The predicted octanol–water partition coefficient (Wildman–Crippen LogP) is 4.56. The largest absolute Gasteiger partial charge is 0.317 e. The van der Waals surface area contributed by atoms with Crippen molar-refractivity contribution in [1.29, 1.82) is 0 Å². The molecule has 1 fully saturated rings. The molecule has 118 valence electrons. The molecule has 2 rings (SSSR count). The highest BCUT2D eigenvalue weighted by Gasteiger charge is 2.35. The van der Waals surface area contributed by atoms with Gasteiger partial charge in [0.1, 0.15) is 11.6 Å². The first-order chi connectivity index (χ1) is 9.81. The maximum Gasteiger partial charge on any atom is 0.129 e. The quantitative estimate of drug-likeness (QED) is 0.862. The Bertz CT molecular complexity index is 479. The van der Waals surface area contributed by atoms with Crippen molar-refractivity contribution in [1.82, 2.24) is 5.32 Å². The number of hydrogen-bond donors (Lipinski definition) is 1. The van der Waals surface area contributed by atoms with Crippen molar-refractivity contribution in [3.8, 4) is 0 Å². The molecule has 1 saturated carbocycles. The van der Waals surface area contributed by atoms with E-state index in [0.29, 0.717) is 29.9 Å². The van der Waals surface area contributed by atoms with E-state index < -0.39 is 11.6 Å². The molecule has 1 aromatic carbocycles. The zero-order valence-electron chi connectivity index (χ0n) is 13.5. The van der Waals surface area contributed by atoms with E-state index in [-0.39, 0.29) is 5.41 Å². The van der Waals surface area contributed by atoms with Crippen molar-refractivity contribution < 1.29 is 8.78 Å². The van der Waals surface area contributed by atoms with E-state index in [9.17, 15) is 8.78 Å². The highest BCUT2D eigenvalue weighted by atomic mass is 19.1. The Morgan fingerprint density at radius 1 is 1.19 bits per heavy atom. The highest BCUT2D eigenvalue weighted by molar-refractivity contribution is 5.19. The van der Waals surface area contributed by atoms with Crippen LogP contribution in [0, 0.1) is 28.9 Å². The van der Waals surface area contributed by atoms with Gasteiger partial charge < -0.3 is 5.32 Å². The highest BCUT2D eigenvalue weighted by Crippen LogP contribution is 2.41. The Labute approximate surface area is 127 Å². The van der Waals surface area contributed by atoms with Gasteiger partial charge in [-0.2, -0.15) is 0 Å². The molecule has 0 amide bonds. The molecule has 3 heteroatoms. The summed E-state index contributed by atoms with van der Waals surface area (Å²) in [7, 11) is 1.98. The van der Waals surface area contributed by atoms with E-state index in [4.69, 9.17) is 0 Å². The first-order valence-electron chi connectivity index (χ1n) is 7.92. The van der Waals surface area contributed by atoms with Crippen molar-refractivity contribution in [2.75, 3.05) is 7.05 Å². The number of rotatable bonds is 3. The SMILES string of the molecule is CNC1CCC(C(C)(C)C)CC1Cc1ccc(F)cc1F. The van der Waals surface area contributed by atoms with Crippen LogP contribution >= 0.6 is 0 Å². The standard InChI is InChI=1S/C18H27F2N/c1-18(2,3)14-6-8-17(21-4)13(10-14)9-12-5-7-15(19)11-16(12)20/h5,7,11,13-14,17,21H,6,8-10H2,1-4H3. The van der Waals surface area contributed by atoms with Gasteiger partial charge in [-0.15, -0.1) is 0 Å². The van der Waals surface area contributed by atoms with Crippen LogP contribution in [-0.2, 0) is 6.42 Å². The molecule has 0 aliphatic heterocycles. The fourth-order valence-corrected chi connectivity index (χ4v) is 3.63. The van der Waals surface area contributed by atoms with Crippen molar-refractivity contribution >= 4 is 0 Å². The predicted molar refractivity (Wildman–Crippen MR) is 83.2 cm³/mol. The average Bonchev–Trinajstić information content (AvgIpc) is 2.41. The van der Waals surface area contributed by atoms with Crippen LogP contribution in [0.4, 0.5) is 8.78 Å². The maximum atomic E-state index is 13.9. The molecule has 1 aliphatic carbocycles. The van der Waals surface area contributed by atoms with Crippen LogP contribution in [0.15, 0.2) is 18.2 Å². The van der Waals surface area contributed by atoms with Crippen molar-refractivity contribution in [3.05, 3.63) is 35.4 Å². The summed E-state index contributed by atoms with van der Waals surface area (Å²) < 4.78 is 26.9. The molecule has 0 bridgehead atoms. The zero-order chi connectivity index (χ0) is 15.6. The monoisotopic (exact) mass is 295 g/mol. The van der Waals surface area contributed by atoms with Crippen LogP contribution in [0.1, 0.15) is 45.6 Å². The van der Waals surface area contributed by atoms with Crippen LogP contribution in [0.3, 0.4) is 0 Å². The summed E-state index contributed by atoms with van der Waals surface area (Å²) in [4.78, 5) is 0. The normalized spacial score (nSPS) is 26.9. The third-order valence-corrected chi connectivity index (χ3v) is 5.08. The number of benzene rings is 1. The first-order valence-corrected chi connectivity index (χ1v) is 7.92. The molecular weight excluding hydrogens is 268 g/mol. The molecule has 1 aliphatic rings. The lowest BCUT2D eigenvalue weighted by molar-refractivity contribution is 0.116. The molecule has 1 N–H and O–H groups in total. The molecular formula is C18H27F2N. The molecule has 21 heavy (non-hydrogen) atoms. The topological polar surface area (TPSA) is 12.0 Å². The Morgan fingerprint density at radius 3 is 2.48 bits per heavy atom. The van der Waals surface area contributed by atoms with Gasteiger partial charge in [-0.3, -0.25) is 0 Å². The summed E-state index contributed by atoms with van der Waals surface area (Å²) in [5, 5.41) is 3.38. The third kappa shape index (κ3) is 4.03. The average molecular weight is 295 g/mol. The fraction of sp³-hybridized carbons (Fsp3) is 0.667. The summed E-state index contributed by atoms with van der Waals surface area (Å²) >= 11 is 0. The van der Waals surface area contributed by atoms with Crippen LogP contribution in [0.25, 0.3) is 0 Å². The van der Waals surface area contributed by atoms with E-state index in [1.54, 1.807) is 6.07 Å². The molecule has 3 unspecified atom stereocenters. The second-order valence-electron chi connectivity index (χ2n) is 7.47. The second-order valence-corrected chi connectivity index (χ2v) is 7.47. The van der Waals surface area contributed by atoms with Crippen molar-refractivity contribution in [3.63, 3.8) is 0 Å². The van der Waals surface area contributed by atoms with Gasteiger partial charge in [0.05, 0.1) is 0 Å². The molecule has 0 aromatic heterocycles. The van der Waals surface area contributed by atoms with Gasteiger partial charge in [0.15, 0.2) is 0 Å². The van der Waals surface area contributed by atoms with Gasteiger partial charge in [-0.05, 0) is 61.6 Å². The fourth-order valence-electron chi connectivity index (χ4n) is 3.63. The van der Waals surface area contributed by atoms with Gasteiger partial charge in [0.25, 0.3) is 0 Å². The van der Waals surface area contributed by atoms with Gasteiger partial charge in [0.2, 0.25) is 0 Å². The summed E-state index contributed by atoms with van der Waals surface area (Å²) in [6.07, 6.45) is 4.14. The lowest BCUT2D eigenvalue weighted by atomic mass is 9.66. The third-order valence-electron chi connectivity index (χ3n) is 5.08. The van der Waals surface area contributed by atoms with Crippen molar-refractivity contribution in [2.45, 2.75) is 52.5 Å². The smallest absolute Gasteiger partial charge is 0.129 e. The summed E-state index contributed by atoms with van der Waals surface area (Å²) in [5.74, 6) is 0.156. The summed E-state index contributed by atoms with van der Waals surface area (Å²) in [6.45, 7) is 6.85. The minimum Gasteiger partial charge on any atom is -0.317 e. The minimum absolute atomic E-state index is 0.290. The van der Waals surface area contributed by atoms with E-state index in [0.717, 1.165) is 18.9 Å². The molecule has 1 nitrogen and oxygen atoms in total. The van der Waals surface area contributed by atoms with E-state index in [1.165, 1.54) is 12.5 Å². The molecule has 1 aromatic rings. The molecule has 0 radical (unpaired) electrons. The molecule has 0 heterocycles. The van der Waals surface area contributed by atoms with E-state index >= 15 is 0 Å². The molecule has 0 spiro atoms. The lowest BCUT2D eigenvalue weighted by Crippen LogP contribution is -2.42. The molecule has 3 atom stereocenters. The maximum absolute atomic E-state index is 13.9. The van der Waals surface area contributed by atoms with Crippen molar-refractivity contribution in [2.24, 2.45) is 17.3 Å². The van der Waals surface area contributed by atoms with Gasteiger partial charge in [-0.25, -0.2) is 8.78 Å². The summed E-state index contributed by atoms with van der Waals surface area (Å²) in [5.41, 5.74) is 0.925. The van der Waals surface area contributed by atoms with Crippen LogP contribution in [0.5, 0.6) is 0 Å². The number of halogens is 2. The Morgan fingerprint density at radius 2 is 1.90 bits per heavy atom. The van der Waals surface area contributed by atoms with Crippen LogP contribution < -0.4 is 5.32 Å². The Kier molecular flexibility index (Phi) is 5.03. The second kappa shape index (κ2) is 6.43. The van der Waals surface area contributed by atoms with Gasteiger partial charge in [0, 0.05) is 12.1 Å². The van der Waals surface area contributed by atoms with Crippen LogP contribution in [-0.4, -0.2) is 13.1 Å². The number of hydrogen-bond acceptors (Lipinski definition) is 1. The molecule has 0 saturated heterocycles. The van der Waals surface area contributed by atoms with Crippen LogP contribution in [0.2, 0.25) is 0 Å². The van der Waals surface area contributed by atoms with E-state index in [1.807, 2.05) is 7.05 Å². The number of nitrogens with one attached hydrogen (secondary N) is 1. The van der Waals surface area contributed by atoms with E-state index in [2.05, 4.69) is 26.1 Å². The zero-order valence-corrected chi connectivity index (χ0v) is 13.5. The summed E-state index contributed by atoms with van der Waals surface area (Å²) in [6, 6.07) is 4.37. The van der Waals surface area contributed by atoms with Gasteiger partial charge >= 0.3 is 0 Å². The first kappa shape index (κ1) is 16.4. The van der Waals surface area contributed by atoms with Gasteiger partial charge in [-0.1, -0.05) is 26.8 Å².